The van der Waals surface area contributed by atoms with E-state index in [1.165, 1.54) is 37.9 Å². The molecule has 1 N–H and O–H groups in total. The Balaban J connectivity index is 1.48. The predicted molar refractivity (Wildman–Crippen MR) is 107 cm³/mol. The van der Waals surface area contributed by atoms with Gasteiger partial charge in [0, 0.05) is 12.2 Å². The SMILES string of the molecule is CCOc1ccccc1OCC(=O)Nc1ccc(CN2CCCCC2)cc1. The van der Waals surface area contributed by atoms with Crippen LogP contribution in [-0.4, -0.2) is 37.1 Å². The van der Waals surface area contributed by atoms with Gasteiger partial charge in [0.2, 0.25) is 0 Å². The number of carbonyl (C=O) groups is 1. The number of rotatable bonds is 8. The first kappa shape index (κ1) is 19.2. The molecule has 144 valence electrons. The lowest BCUT2D eigenvalue weighted by Gasteiger charge is -2.26. The van der Waals surface area contributed by atoms with E-state index < -0.39 is 0 Å². The third-order valence-corrected chi connectivity index (χ3v) is 4.60. The number of hydrogen-bond acceptors (Lipinski definition) is 4. The van der Waals surface area contributed by atoms with Gasteiger partial charge in [-0.1, -0.05) is 30.7 Å². The number of nitrogens with one attached hydrogen (secondary N) is 1. The van der Waals surface area contributed by atoms with E-state index in [0.29, 0.717) is 18.1 Å². The Morgan fingerprint density at radius 2 is 1.63 bits per heavy atom. The van der Waals surface area contributed by atoms with Gasteiger partial charge in [0.1, 0.15) is 0 Å². The molecule has 5 heteroatoms. The molecule has 27 heavy (non-hydrogen) atoms. The monoisotopic (exact) mass is 368 g/mol. The number of para-hydroxylation sites is 2. The molecule has 2 aromatic rings. The van der Waals surface area contributed by atoms with E-state index in [1.807, 2.05) is 37.3 Å². The molecule has 1 aliphatic heterocycles. The van der Waals surface area contributed by atoms with Gasteiger partial charge in [-0.2, -0.15) is 0 Å². The molecule has 5 nitrogen and oxygen atoms in total. The summed E-state index contributed by atoms with van der Waals surface area (Å²) in [4.78, 5) is 14.7. The molecule has 0 aromatic heterocycles. The molecule has 0 spiro atoms. The van der Waals surface area contributed by atoms with Crippen LogP contribution >= 0.6 is 0 Å². The number of carbonyl (C=O) groups excluding carboxylic acids is 1. The second-order valence-corrected chi connectivity index (χ2v) is 6.75. The van der Waals surface area contributed by atoms with Gasteiger partial charge in [0.05, 0.1) is 6.61 Å². The van der Waals surface area contributed by atoms with Crippen LogP contribution in [0, 0.1) is 0 Å². The van der Waals surface area contributed by atoms with E-state index in [0.717, 1.165) is 12.2 Å². The lowest BCUT2D eigenvalue weighted by Crippen LogP contribution is -2.29. The average molecular weight is 368 g/mol. The maximum Gasteiger partial charge on any atom is 0.262 e. The second kappa shape index (κ2) is 9.97. The van der Waals surface area contributed by atoms with E-state index >= 15 is 0 Å². The highest BCUT2D eigenvalue weighted by Gasteiger charge is 2.11. The molecule has 1 amide bonds. The van der Waals surface area contributed by atoms with Crippen LogP contribution in [-0.2, 0) is 11.3 Å². The van der Waals surface area contributed by atoms with Crippen molar-refractivity contribution in [3.05, 3.63) is 54.1 Å². The minimum atomic E-state index is -0.190. The highest BCUT2D eigenvalue weighted by atomic mass is 16.5. The molecular weight excluding hydrogens is 340 g/mol. The van der Waals surface area contributed by atoms with Crippen LogP contribution < -0.4 is 14.8 Å². The summed E-state index contributed by atoms with van der Waals surface area (Å²) >= 11 is 0. The van der Waals surface area contributed by atoms with Crippen molar-refractivity contribution in [2.75, 3.05) is 31.6 Å². The van der Waals surface area contributed by atoms with Crippen LogP contribution in [0.4, 0.5) is 5.69 Å². The first-order chi connectivity index (χ1) is 13.2. The van der Waals surface area contributed by atoms with Gasteiger partial charge in [0.15, 0.2) is 18.1 Å². The molecule has 0 unspecified atom stereocenters. The zero-order chi connectivity index (χ0) is 18.9. The molecule has 0 saturated carbocycles. The van der Waals surface area contributed by atoms with Crippen LogP contribution in [0.1, 0.15) is 31.7 Å². The molecule has 0 atom stereocenters. The lowest BCUT2D eigenvalue weighted by atomic mass is 10.1. The molecule has 0 bridgehead atoms. The molecule has 1 saturated heterocycles. The molecule has 3 rings (SSSR count). The van der Waals surface area contributed by atoms with E-state index in [9.17, 15) is 4.79 Å². The number of amides is 1. The summed E-state index contributed by atoms with van der Waals surface area (Å²) in [7, 11) is 0. The molecule has 0 radical (unpaired) electrons. The van der Waals surface area contributed by atoms with Crippen LogP contribution in [0.25, 0.3) is 0 Å². The minimum absolute atomic E-state index is 0.0559. The van der Waals surface area contributed by atoms with Crippen LogP contribution in [0.3, 0.4) is 0 Å². The van der Waals surface area contributed by atoms with Crippen molar-refractivity contribution in [1.82, 2.24) is 4.90 Å². The first-order valence-electron chi connectivity index (χ1n) is 9.70. The Labute approximate surface area is 161 Å². The van der Waals surface area contributed by atoms with Crippen molar-refractivity contribution < 1.29 is 14.3 Å². The first-order valence-corrected chi connectivity index (χ1v) is 9.70. The van der Waals surface area contributed by atoms with Crippen molar-refractivity contribution in [2.24, 2.45) is 0 Å². The fourth-order valence-corrected chi connectivity index (χ4v) is 3.25. The molecular formula is C22H28N2O3. The summed E-state index contributed by atoms with van der Waals surface area (Å²) in [6.07, 6.45) is 3.93. The number of likely N-dealkylation sites (tertiary alicyclic amines) is 1. The zero-order valence-electron chi connectivity index (χ0n) is 15.9. The zero-order valence-corrected chi connectivity index (χ0v) is 15.9. The van der Waals surface area contributed by atoms with Crippen molar-refractivity contribution in [3.63, 3.8) is 0 Å². The number of anilines is 1. The van der Waals surface area contributed by atoms with Gasteiger partial charge in [0.25, 0.3) is 5.91 Å². The summed E-state index contributed by atoms with van der Waals surface area (Å²) in [5.74, 6) is 1.03. The van der Waals surface area contributed by atoms with Crippen molar-refractivity contribution in [3.8, 4) is 11.5 Å². The Hall–Kier alpha value is -2.53. The summed E-state index contributed by atoms with van der Waals surface area (Å²) < 4.78 is 11.1. The number of hydrogen-bond donors (Lipinski definition) is 1. The Morgan fingerprint density at radius 1 is 0.963 bits per heavy atom. The Bertz CT molecular complexity index is 725. The number of benzene rings is 2. The van der Waals surface area contributed by atoms with Crippen LogP contribution in [0.2, 0.25) is 0 Å². The molecule has 1 fully saturated rings. The van der Waals surface area contributed by atoms with E-state index in [-0.39, 0.29) is 12.5 Å². The van der Waals surface area contributed by atoms with E-state index in [2.05, 4.69) is 22.3 Å². The number of ether oxygens (including phenoxy) is 2. The highest BCUT2D eigenvalue weighted by Crippen LogP contribution is 2.26. The minimum Gasteiger partial charge on any atom is -0.490 e. The van der Waals surface area contributed by atoms with E-state index in [4.69, 9.17) is 9.47 Å². The normalized spacial score (nSPS) is 14.6. The van der Waals surface area contributed by atoms with Gasteiger partial charge in [-0.05, 0) is 62.7 Å². The topological polar surface area (TPSA) is 50.8 Å². The molecule has 1 heterocycles. The third-order valence-electron chi connectivity index (χ3n) is 4.60. The highest BCUT2D eigenvalue weighted by molar-refractivity contribution is 5.91. The third kappa shape index (κ3) is 6.00. The van der Waals surface area contributed by atoms with Gasteiger partial charge >= 0.3 is 0 Å². The number of piperidine rings is 1. The quantitative estimate of drug-likeness (QED) is 0.762. The summed E-state index contributed by atoms with van der Waals surface area (Å²) in [5, 5.41) is 2.88. The standard InChI is InChI=1S/C22H28N2O3/c1-2-26-20-8-4-5-9-21(20)27-17-22(25)23-19-12-10-18(11-13-19)16-24-14-6-3-7-15-24/h4-5,8-13H,2-3,6-7,14-17H2,1H3,(H,23,25). The summed E-state index contributed by atoms with van der Waals surface area (Å²) in [6, 6.07) is 15.4. The fourth-order valence-electron chi connectivity index (χ4n) is 3.25. The van der Waals surface area contributed by atoms with Crippen molar-refractivity contribution in [2.45, 2.75) is 32.7 Å². The predicted octanol–water partition coefficient (Wildman–Crippen LogP) is 4.09. The van der Waals surface area contributed by atoms with E-state index in [1.54, 1.807) is 6.07 Å². The second-order valence-electron chi connectivity index (χ2n) is 6.75. The Kier molecular flexibility index (Phi) is 7.11. The van der Waals surface area contributed by atoms with Crippen LogP contribution in [0.5, 0.6) is 11.5 Å². The Morgan fingerprint density at radius 3 is 2.30 bits per heavy atom. The maximum atomic E-state index is 12.2. The van der Waals surface area contributed by atoms with Gasteiger partial charge < -0.3 is 14.8 Å². The number of nitrogens with zero attached hydrogens (tertiary/aromatic N) is 1. The van der Waals surface area contributed by atoms with Gasteiger partial charge in [-0.25, -0.2) is 0 Å². The summed E-state index contributed by atoms with van der Waals surface area (Å²) in [5.41, 5.74) is 2.06. The molecule has 2 aromatic carbocycles. The van der Waals surface area contributed by atoms with Crippen molar-refractivity contribution >= 4 is 11.6 Å². The van der Waals surface area contributed by atoms with Crippen LogP contribution in [0.15, 0.2) is 48.5 Å². The van der Waals surface area contributed by atoms with Gasteiger partial charge in [-0.15, -0.1) is 0 Å². The maximum absolute atomic E-state index is 12.2. The largest absolute Gasteiger partial charge is 0.490 e. The fraction of sp³-hybridized carbons (Fsp3) is 0.409. The summed E-state index contributed by atoms with van der Waals surface area (Å²) in [6.45, 7) is 5.75. The van der Waals surface area contributed by atoms with Gasteiger partial charge in [-0.3, -0.25) is 9.69 Å². The molecule has 0 aliphatic carbocycles. The molecule has 1 aliphatic rings. The van der Waals surface area contributed by atoms with Crippen molar-refractivity contribution in [1.29, 1.82) is 0 Å². The smallest absolute Gasteiger partial charge is 0.262 e. The lowest BCUT2D eigenvalue weighted by molar-refractivity contribution is -0.118. The average Bonchev–Trinajstić information content (AvgIpc) is 2.70.